The highest BCUT2D eigenvalue weighted by molar-refractivity contribution is 7.18. The predicted molar refractivity (Wildman–Crippen MR) is 124 cm³/mol. The second-order valence-corrected chi connectivity index (χ2v) is 7.97. The van der Waals surface area contributed by atoms with E-state index in [1.165, 1.54) is 18.4 Å². The Bertz CT molecular complexity index is 1010. The quantitative estimate of drug-likeness (QED) is 0.478. The zero-order valence-electron chi connectivity index (χ0n) is 18.1. The van der Waals surface area contributed by atoms with Crippen molar-refractivity contribution in [1.82, 2.24) is 15.1 Å². The summed E-state index contributed by atoms with van der Waals surface area (Å²) in [6.07, 6.45) is 0.862. The molecule has 0 atom stereocenters. The summed E-state index contributed by atoms with van der Waals surface area (Å²) >= 11 is 1.29. The molecule has 3 aromatic rings. The van der Waals surface area contributed by atoms with E-state index >= 15 is 0 Å². The van der Waals surface area contributed by atoms with Crippen molar-refractivity contribution < 1.29 is 19.1 Å². The molecule has 0 aliphatic rings. The molecule has 0 aliphatic heterocycles. The molecule has 1 aromatic heterocycles. The fourth-order valence-corrected chi connectivity index (χ4v) is 3.79. The molecular formula is C23H26N4O4S. The van der Waals surface area contributed by atoms with Crippen LogP contribution in [0.15, 0.2) is 54.6 Å². The summed E-state index contributed by atoms with van der Waals surface area (Å²) in [5.41, 5.74) is 2.02. The molecule has 0 radical (unpaired) electrons. The highest BCUT2D eigenvalue weighted by Crippen LogP contribution is 2.27. The van der Waals surface area contributed by atoms with Crippen LogP contribution in [-0.2, 0) is 20.7 Å². The number of hydrogen-bond donors (Lipinski definition) is 1. The Hall–Kier alpha value is -3.30. The van der Waals surface area contributed by atoms with Gasteiger partial charge in [-0.05, 0) is 36.2 Å². The molecule has 2 amide bonds. The second-order valence-electron chi connectivity index (χ2n) is 6.99. The summed E-state index contributed by atoms with van der Waals surface area (Å²) in [7, 11) is 3.09. The maximum atomic E-state index is 12.4. The Morgan fingerprint density at radius 1 is 1.00 bits per heavy atom. The highest BCUT2D eigenvalue weighted by atomic mass is 32.1. The number of methoxy groups -OCH3 is 2. The summed E-state index contributed by atoms with van der Waals surface area (Å²) in [5, 5.41) is 12.1. The maximum Gasteiger partial charge on any atom is 0.248 e. The van der Waals surface area contributed by atoms with Gasteiger partial charge in [-0.1, -0.05) is 41.7 Å². The molecule has 168 valence electrons. The van der Waals surface area contributed by atoms with E-state index in [9.17, 15) is 9.59 Å². The van der Waals surface area contributed by atoms with Crippen LogP contribution in [0.5, 0.6) is 5.75 Å². The van der Waals surface area contributed by atoms with E-state index in [-0.39, 0.29) is 24.8 Å². The van der Waals surface area contributed by atoms with E-state index in [0.717, 1.165) is 16.9 Å². The first-order chi connectivity index (χ1) is 15.6. The molecule has 0 spiro atoms. The fourth-order valence-electron chi connectivity index (χ4n) is 3.03. The van der Waals surface area contributed by atoms with Gasteiger partial charge in [0.25, 0.3) is 0 Å². The molecule has 0 saturated carbocycles. The Labute approximate surface area is 191 Å². The van der Waals surface area contributed by atoms with Crippen molar-refractivity contribution >= 4 is 28.3 Å². The van der Waals surface area contributed by atoms with Crippen LogP contribution < -0.4 is 10.1 Å². The van der Waals surface area contributed by atoms with Crippen molar-refractivity contribution in [2.24, 2.45) is 0 Å². The lowest BCUT2D eigenvalue weighted by molar-refractivity contribution is -0.135. The van der Waals surface area contributed by atoms with Gasteiger partial charge in [0.2, 0.25) is 16.9 Å². The van der Waals surface area contributed by atoms with E-state index in [1.54, 1.807) is 12.0 Å². The van der Waals surface area contributed by atoms with Gasteiger partial charge in [-0.15, -0.1) is 10.2 Å². The number of anilines is 1. The van der Waals surface area contributed by atoms with Crippen molar-refractivity contribution in [1.29, 1.82) is 0 Å². The van der Waals surface area contributed by atoms with E-state index in [4.69, 9.17) is 9.47 Å². The van der Waals surface area contributed by atoms with E-state index in [2.05, 4.69) is 15.5 Å². The van der Waals surface area contributed by atoms with Crippen molar-refractivity contribution in [2.75, 3.05) is 39.2 Å². The van der Waals surface area contributed by atoms with Crippen LogP contribution >= 0.6 is 11.3 Å². The van der Waals surface area contributed by atoms with Crippen LogP contribution in [0.1, 0.15) is 12.0 Å². The summed E-state index contributed by atoms with van der Waals surface area (Å²) in [6.45, 7) is 0.795. The zero-order valence-corrected chi connectivity index (χ0v) is 18.9. The number of aromatic nitrogens is 2. The van der Waals surface area contributed by atoms with Crippen LogP contribution in [0.4, 0.5) is 5.13 Å². The summed E-state index contributed by atoms with van der Waals surface area (Å²) in [6, 6.07) is 17.4. The molecule has 0 fully saturated rings. The van der Waals surface area contributed by atoms with Crippen LogP contribution in [0.3, 0.4) is 0 Å². The number of hydrogen-bond acceptors (Lipinski definition) is 7. The van der Waals surface area contributed by atoms with Crippen molar-refractivity contribution in [2.45, 2.75) is 12.8 Å². The number of nitrogens with zero attached hydrogens (tertiary/aromatic N) is 3. The molecule has 3 rings (SSSR count). The molecule has 1 N–H and O–H groups in total. The van der Waals surface area contributed by atoms with Gasteiger partial charge in [0.05, 0.1) is 7.11 Å². The molecule has 2 aromatic carbocycles. The number of rotatable bonds is 11. The molecule has 32 heavy (non-hydrogen) atoms. The van der Waals surface area contributed by atoms with Crippen molar-refractivity contribution in [3.8, 4) is 16.3 Å². The second kappa shape index (κ2) is 11.9. The fraction of sp³-hybridized carbons (Fsp3) is 0.304. The Morgan fingerprint density at radius 3 is 2.44 bits per heavy atom. The SMILES string of the molecule is COCC(=O)N(CCC(=O)Nc1nnc(-c2ccc(OC)cc2)s1)CCc1ccccc1. The largest absolute Gasteiger partial charge is 0.497 e. The summed E-state index contributed by atoms with van der Waals surface area (Å²) in [4.78, 5) is 26.5. The summed E-state index contributed by atoms with van der Waals surface area (Å²) < 4.78 is 10.1. The number of nitrogens with one attached hydrogen (secondary N) is 1. The normalized spacial score (nSPS) is 10.6. The molecule has 0 aliphatic carbocycles. The lowest BCUT2D eigenvalue weighted by Crippen LogP contribution is -2.37. The van der Waals surface area contributed by atoms with Gasteiger partial charge in [0.1, 0.15) is 17.4 Å². The number of carbonyl (C=O) groups is 2. The van der Waals surface area contributed by atoms with Gasteiger partial charge < -0.3 is 19.7 Å². The average molecular weight is 455 g/mol. The number of benzene rings is 2. The first-order valence-corrected chi connectivity index (χ1v) is 11.0. The molecule has 9 heteroatoms. The first-order valence-electron chi connectivity index (χ1n) is 10.2. The Morgan fingerprint density at radius 2 is 1.75 bits per heavy atom. The third kappa shape index (κ3) is 6.86. The lowest BCUT2D eigenvalue weighted by atomic mass is 10.1. The molecular weight excluding hydrogens is 428 g/mol. The van der Waals surface area contributed by atoms with Crippen molar-refractivity contribution in [3.05, 3.63) is 60.2 Å². The van der Waals surface area contributed by atoms with Crippen LogP contribution in [0.2, 0.25) is 0 Å². The maximum absolute atomic E-state index is 12.4. The van der Waals surface area contributed by atoms with Gasteiger partial charge in [-0.2, -0.15) is 0 Å². The highest BCUT2D eigenvalue weighted by Gasteiger charge is 2.16. The van der Waals surface area contributed by atoms with Gasteiger partial charge in [-0.25, -0.2) is 0 Å². The average Bonchev–Trinajstić information content (AvgIpc) is 3.28. The minimum atomic E-state index is -0.225. The third-order valence-corrected chi connectivity index (χ3v) is 5.64. The Balaban J connectivity index is 1.53. The minimum Gasteiger partial charge on any atom is -0.497 e. The van der Waals surface area contributed by atoms with Gasteiger partial charge in [0.15, 0.2) is 0 Å². The lowest BCUT2D eigenvalue weighted by Gasteiger charge is -2.22. The third-order valence-electron chi connectivity index (χ3n) is 4.75. The first kappa shape index (κ1) is 23.4. The molecule has 8 nitrogen and oxygen atoms in total. The predicted octanol–water partition coefficient (Wildman–Crippen LogP) is 3.26. The van der Waals surface area contributed by atoms with Crippen molar-refractivity contribution in [3.63, 3.8) is 0 Å². The topological polar surface area (TPSA) is 93.7 Å². The molecule has 0 unspecified atom stereocenters. The van der Waals surface area contributed by atoms with Crippen LogP contribution in [0, 0.1) is 0 Å². The van der Waals surface area contributed by atoms with Gasteiger partial charge in [0, 0.05) is 32.2 Å². The summed E-state index contributed by atoms with van der Waals surface area (Å²) in [5.74, 6) is 0.387. The van der Waals surface area contributed by atoms with Gasteiger partial charge >= 0.3 is 0 Å². The van der Waals surface area contributed by atoms with Crippen LogP contribution in [0.25, 0.3) is 10.6 Å². The molecule has 0 saturated heterocycles. The van der Waals surface area contributed by atoms with E-state index < -0.39 is 0 Å². The standard InChI is InChI=1S/C23H26N4O4S/c1-30-16-21(29)27(14-12-17-6-4-3-5-7-17)15-13-20(28)24-23-26-25-22(32-23)18-8-10-19(31-2)11-9-18/h3-11H,12-16H2,1-2H3,(H,24,26,28). The minimum absolute atomic E-state index is 0.0158. The van der Waals surface area contributed by atoms with Gasteiger partial charge in [-0.3, -0.25) is 9.59 Å². The Kier molecular flexibility index (Phi) is 8.70. The smallest absolute Gasteiger partial charge is 0.248 e. The zero-order chi connectivity index (χ0) is 22.8. The number of carbonyl (C=O) groups excluding carboxylic acids is 2. The number of ether oxygens (including phenoxy) is 2. The number of amides is 2. The van der Waals surface area contributed by atoms with E-state index in [1.807, 2.05) is 54.6 Å². The monoisotopic (exact) mass is 454 g/mol. The van der Waals surface area contributed by atoms with E-state index in [0.29, 0.717) is 29.6 Å². The molecule has 1 heterocycles. The molecule has 0 bridgehead atoms. The van der Waals surface area contributed by atoms with Crippen LogP contribution in [-0.4, -0.2) is 60.8 Å².